The summed E-state index contributed by atoms with van der Waals surface area (Å²) in [6.45, 7) is 0.167. The van der Waals surface area contributed by atoms with Gasteiger partial charge in [0.15, 0.2) is 0 Å². The maximum absolute atomic E-state index is 13.0. The number of amides is 1. The number of nitrogens with one attached hydrogen (secondary N) is 2. The van der Waals surface area contributed by atoms with E-state index in [1.807, 2.05) is 0 Å². The van der Waals surface area contributed by atoms with E-state index in [4.69, 9.17) is 11.6 Å². The van der Waals surface area contributed by atoms with Gasteiger partial charge in [-0.1, -0.05) is 17.7 Å². The molecule has 0 aliphatic rings. The van der Waals surface area contributed by atoms with E-state index in [-0.39, 0.29) is 27.7 Å². The van der Waals surface area contributed by atoms with Gasteiger partial charge in [-0.25, -0.2) is 12.8 Å². The summed E-state index contributed by atoms with van der Waals surface area (Å²) in [4.78, 5) is 16.4. The van der Waals surface area contributed by atoms with E-state index in [1.54, 1.807) is 24.4 Å². The fraction of sp³-hybridized carbons (Fsp3) is 0.0526. The molecule has 1 amide bonds. The highest BCUT2D eigenvalue weighted by Gasteiger charge is 2.19. The number of carbonyl (C=O) groups excluding carboxylic acids is 1. The SMILES string of the molecule is O=C(NCc1ccccn1)c1cc(S(=O)(=O)Nc2ccc(F)cc2)ccc1Cl. The van der Waals surface area contributed by atoms with Crippen LogP contribution in [-0.2, 0) is 16.6 Å². The molecule has 0 fully saturated rings. The number of aromatic nitrogens is 1. The number of anilines is 1. The van der Waals surface area contributed by atoms with Crippen LogP contribution in [0, 0.1) is 5.82 Å². The number of carbonyl (C=O) groups is 1. The van der Waals surface area contributed by atoms with Crippen molar-refractivity contribution in [3.63, 3.8) is 0 Å². The van der Waals surface area contributed by atoms with Crippen LogP contribution in [0.3, 0.4) is 0 Å². The Morgan fingerprint density at radius 2 is 1.82 bits per heavy atom. The Bertz CT molecular complexity index is 1090. The molecule has 2 aromatic carbocycles. The summed E-state index contributed by atoms with van der Waals surface area (Å²) >= 11 is 6.07. The minimum Gasteiger partial charge on any atom is -0.346 e. The van der Waals surface area contributed by atoms with Gasteiger partial charge in [-0.15, -0.1) is 0 Å². The Morgan fingerprint density at radius 1 is 1.07 bits per heavy atom. The van der Waals surface area contributed by atoms with Crippen molar-refractivity contribution < 1.29 is 17.6 Å². The van der Waals surface area contributed by atoms with Crippen LogP contribution in [0.15, 0.2) is 71.8 Å². The highest BCUT2D eigenvalue weighted by atomic mass is 35.5. The number of benzene rings is 2. The minimum absolute atomic E-state index is 0.0135. The first kappa shape index (κ1) is 19.8. The largest absolute Gasteiger partial charge is 0.346 e. The van der Waals surface area contributed by atoms with E-state index in [9.17, 15) is 17.6 Å². The fourth-order valence-electron chi connectivity index (χ4n) is 2.35. The molecule has 0 spiro atoms. The van der Waals surface area contributed by atoms with Gasteiger partial charge >= 0.3 is 0 Å². The molecule has 144 valence electrons. The van der Waals surface area contributed by atoms with E-state index in [0.717, 1.165) is 12.1 Å². The smallest absolute Gasteiger partial charge is 0.261 e. The first-order chi connectivity index (χ1) is 13.3. The zero-order valence-electron chi connectivity index (χ0n) is 14.4. The lowest BCUT2D eigenvalue weighted by molar-refractivity contribution is 0.0950. The standard InChI is InChI=1S/C19H15ClFN3O3S/c20-18-9-8-16(28(26,27)24-14-6-4-13(21)5-7-14)11-17(18)19(25)23-12-15-3-1-2-10-22-15/h1-11,24H,12H2,(H,23,25). The Labute approximate surface area is 166 Å². The highest BCUT2D eigenvalue weighted by molar-refractivity contribution is 7.92. The third-order valence-corrected chi connectivity index (χ3v) is 5.45. The molecular weight excluding hydrogens is 405 g/mol. The maximum atomic E-state index is 13.0. The third kappa shape index (κ3) is 4.85. The van der Waals surface area contributed by atoms with Crippen LogP contribution in [-0.4, -0.2) is 19.3 Å². The summed E-state index contributed by atoms with van der Waals surface area (Å²) in [7, 11) is -3.99. The number of nitrogens with zero attached hydrogens (tertiary/aromatic N) is 1. The molecular formula is C19H15ClFN3O3S. The molecule has 0 bridgehead atoms. The van der Waals surface area contributed by atoms with Crippen molar-refractivity contribution in [1.29, 1.82) is 0 Å². The van der Waals surface area contributed by atoms with Crippen molar-refractivity contribution >= 4 is 33.2 Å². The van der Waals surface area contributed by atoms with Crippen molar-refractivity contribution in [2.75, 3.05) is 4.72 Å². The first-order valence-corrected chi connectivity index (χ1v) is 9.97. The highest BCUT2D eigenvalue weighted by Crippen LogP contribution is 2.23. The molecule has 9 heteroatoms. The van der Waals surface area contributed by atoms with Gasteiger partial charge in [0.05, 0.1) is 27.7 Å². The zero-order valence-corrected chi connectivity index (χ0v) is 16.0. The molecule has 0 saturated carbocycles. The van der Waals surface area contributed by atoms with E-state index in [1.165, 1.54) is 30.3 Å². The summed E-state index contributed by atoms with van der Waals surface area (Å²) in [6.07, 6.45) is 1.60. The molecule has 1 heterocycles. The van der Waals surface area contributed by atoms with Crippen LogP contribution in [0.5, 0.6) is 0 Å². The molecule has 6 nitrogen and oxygen atoms in total. The van der Waals surface area contributed by atoms with Crippen LogP contribution in [0.1, 0.15) is 16.1 Å². The summed E-state index contributed by atoms with van der Waals surface area (Å²) in [6, 6.07) is 13.9. The van der Waals surface area contributed by atoms with Gasteiger partial charge in [-0.2, -0.15) is 0 Å². The zero-order chi connectivity index (χ0) is 20.1. The average Bonchev–Trinajstić information content (AvgIpc) is 2.69. The quantitative estimate of drug-likeness (QED) is 0.639. The van der Waals surface area contributed by atoms with E-state index >= 15 is 0 Å². The molecule has 0 atom stereocenters. The van der Waals surface area contributed by atoms with Crippen molar-refractivity contribution in [3.05, 3.63) is 89.0 Å². The Hall–Kier alpha value is -2.97. The lowest BCUT2D eigenvalue weighted by atomic mass is 10.2. The third-order valence-electron chi connectivity index (χ3n) is 3.75. The van der Waals surface area contributed by atoms with Gasteiger partial charge < -0.3 is 5.32 Å². The van der Waals surface area contributed by atoms with Crippen molar-refractivity contribution in [1.82, 2.24) is 10.3 Å². The van der Waals surface area contributed by atoms with E-state index < -0.39 is 21.7 Å². The number of hydrogen-bond donors (Lipinski definition) is 2. The summed E-state index contributed by atoms with van der Waals surface area (Å²) in [5.74, 6) is -1.02. The van der Waals surface area contributed by atoms with Gasteiger partial charge in [-0.05, 0) is 54.6 Å². The summed E-state index contributed by atoms with van der Waals surface area (Å²) < 4.78 is 40.4. The van der Waals surface area contributed by atoms with Gasteiger partial charge in [0.1, 0.15) is 5.82 Å². The molecule has 0 aliphatic carbocycles. The van der Waals surface area contributed by atoms with Crippen LogP contribution in [0.2, 0.25) is 5.02 Å². The normalized spacial score (nSPS) is 11.1. The second-order valence-corrected chi connectivity index (χ2v) is 7.85. The molecule has 0 unspecified atom stereocenters. The minimum atomic E-state index is -3.99. The lowest BCUT2D eigenvalue weighted by Crippen LogP contribution is -2.24. The first-order valence-electron chi connectivity index (χ1n) is 8.11. The van der Waals surface area contributed by atoms with Gasteiger partial charge in [0.2, 0.25) is 0 Å². The number of halogens is 2. The van der Waals surface area contributed by atoms with Crippen molar-refractivity contribution in [3.8, 4) is 0 Å². The average molecular weight is 420 g/mol. The Kier molecular flexibility index (Phi) is 5.91. The van der Waals surface area contributed by atoms with E-state index in [0.29, 0.717) is 5.69 Å². The topological polar surface area (TPSA) is 88.2 Å². The Balaban J connectivity index is 1.79. The summed E-state index contributed by atoms with van der Waals surface area (Å²) in [5.41, 5.74) is 0.853. The van der Waals surface area contributed by atoms with Crippen molar-refractivity contribution in [2.45, 2.75) is 11.4 Å². The molecule has 2 N–H and O–H groups in total. The van der Waals surface area contributed by atoms with Gasteiger partial charge in [0.25, 0.3) is 15.9 Å². The molecule has 0 saturated heterocycles. The predicted octanol–water partition coefficient (Wildman–Crippen LogP) is 3.60. The van der Waals surface area contributed by atoms with Gasteiger partial charge in [-0.3, -0.25) is 14.5 Å². The second kappa shape index (κ2) is 8.37. The van der Waals surface area contributed by atoms with Crippen LogP contribution >= 0.6 is 11.6 Å². The van der Waals surface area contributed by atoms with E-state index in [2.05, 4.69) is 15.0 Å². The number of pyridine rings is 1. The molecule has 28 heavy (non-hydrogen) atoms. The van der Waals surface area contributed by atoms with Crippen molar-refractivity contribution in [2.24, 2.45) is 0 Å². The monoisotopic (exact) mass is 419 g/mol. The maximum Gasteiger partial charge on any atom is 0.261 e. The van der Waals surface area contributed by atoms with Crippen LogP contribution < -0.4 is 10.0 Å². The Morgan fingerprint density at radius 3 is 2.50 bits per heavy atom. The molecule has 3 aromatic rings. The second-order valence-electron chi connectivity index (χ2n) is 5.76. The number of rotatable bonds is 6. The molecule has 3 rings (SSSR count). The molecule has 1 aromatic heterocycles. The predicted molar refractivity (Wildman–Crippen MR) is 104 cm³/mol. The molecule has 0 radical (unpaired) electrons. The number of sulfonamides is 1. The van der Waals surface area contributed by atoms with Gasteiger partial charge in [0, 0.05) is 11.9 Å². The summed E-state index contributed by atoms with van der Waals surface area (Å²) in [5, 5.41) is 2.76. The fourth-order valence-corrected chi connectivity index (χ4v) is 3.63. The molecule has 0 aliphatic heterocycles. The van der Waals surface area contributed by atoms with Crippen LogP contribution in [0.4, 0.5) is 10.1 Å². The number of hydrogen-bond acceptors (Lipinski definition) is 4. The lowest BCUT2D eigenvalue weighted by Gasteiger charge is -2.11. The van der Waals surface area contributed by atoms with Crippen LogP contribution in [0.25, 0.3) is 0 Å².